The molecule has 0 bridgehead atoms. The van der Waals surface area contributed by atoms with Gasteiger partial charge in [-0.2, -0.15) is 0 Å². The predicted molar refractivity (Wildman–Crippen MR) is 44.6 cm³/mol. The quantitative estimate of drug-likeness (QED) is 0.187. The number of hydrogen-bond acceptors (Lipinski definition) is 2. The van der Waals surface area contributed by atoms with Crippen molar-refractivity contribution < 1.29 is 75.0 Å². The summed E-state index contributed by atoms with van der Waals surface area (Å²) in [4.78, 5) is 43.1. The van der Waals surface area contributed by atoms with Crippen molar-refractivity contribution in [2.24, 2.45) is 0 Å². The van der Waals surface area contributed by atoms with E-state index in [0.717, 1.165) is 0 Å². The molecule has 0 fully saturated rings. The van der Waals surface area contributed by atoms with Crippen molar-refractivity contribution in [2.75, 3.05) is 0 Å². The first-order chi connectivity index (χ1) is 5.00. The molecule has 88 valence electrons. The molecule has 0 aliphatic rings. The first-order valence-electron chi connectivity index (χ1n) is 2.57. The van der Waals surface area contributed by atoms with E-state index in [1.54, 1.807) is 0 Å². The number of hydrogen-bond donors (Lipinski definition) is 6. The smallest absolute Gasteiger partial charge is 1.00 e. The summed E-state index contributed by atoms with van der Waals surface area (Å²) in [6.07, 6.45) is 0. The summed E-state index contributed by atoms with van der Waals surface area (Å²) in [6, 6.07) is 0. The Kier molecular flexibility index (Phi) is 29.8. The van der Waals surface area contributed by atoms with E-state index in [0.29, 0.717) is 0 Å². The molecule has 0 atom stereocenters. The van der Waals surface area contributed by atoms with Crippen molar-refractivity contribution in [3.8, 4) is 0 Å². The van der Waals surface area contributed by atoms with Crippen molar-refractivity contribution in [1.82, 2.24) is 0 Å². The average Bonchev–Trinajstić information content (AvgIpc) is 1.59. The van der Waals surface area contributed by atoms with Crippen LogP contribution >= 0.6 is 15.6 Å². The van der Waals surface area contributed by atoms with Crippen molar-refractivity contribution in [2.45, 2.75) is 13.8 Å². The number of phosphoric acid groups is 2. The van der Waals surface area contributed by atoms with E-state index in [4.69, 9.17) is 38.5 Å². The molecule has 8 N–H and O–H groups in total. The van der Waals surface area contributed by atoms with Gasteiger partial charge in [-0.15, -0.1) is 0 Å². The van der Waals surface area contributed by atoms with Gasteiger partial charge in [-0.25, -0.2) is 9.13 Å². The van der Waals surface area contributed by atoms with Crippen LogP contribution in [0.3, 0.4) is 0 Å². The second-order valence-electron chi connectivity index (χ2n) is 1.03. The third-order valence-electron chi connectivity index (χ3n) is 0. The maximum absolute atomic E-state index is 8.88. The zero-order valence-electron chi connectivity index (χ0n) is 8.89. The standard InChI is InChI=1S/C2H6.Na.2H3O4P.H2O.H/c1-2;;2*1-5(2,3)4;;/h1-2H3;;2*(H3,1,2,3,4);1H2;/q;+1;;;;-1. The Hall–Kier alpha value is 1.18. The Morgan fingerprint density at radius 1 is 0.786 bits per heavy atom. The normalized spacial score (nSPS) is 8.86. The molecule has 0 saturated heterocycles. The Morgan fingerprint density at radius 3 is 0.786 bits per heavy atom. The summed E-state index contributed by atoms with van der Waals surface area (Å²) in [5, 5.41) is 0. The molecule has 0 saturated carbocycles. The van der Waals surface area contributed by atoms with Gasteiger partial charge in [0.25, 0.3) is 0 Å². The summed E-state index contributed by atoms with van der Waals surface area (Å²) in [5.74, 6) is 0. The van der Waals surface area contributed by atoms with Gasteiger partial charge in [-0.05, 0) is 0 Å². The van der Waals surface area contributed by atoms with Crippen LogP contribution in [0.5, 0.6) is 0 Å². The maximum Gasteiger partial charge on any atom is 1.00 e. The minimum atomic E-state index is -4.64. The molecule has 0 aliphatic carbocycles. The van der Waals surface area contributed by atoms with Gasteiger partial charge in [0.1, 0.15) is 0 Å². The SMILES string of the molecule is CC.O.O=P(O)(O)O.O=P(O)(O)O.[H-].[Na+]. The van der Waals surface area contributed by atoms with Crippen molar-refractivity contribution >= 4 is 15.6 Å². The Morgan fingerprint density at radius 2 is 0.786 bits per heavy atom. The third kappa shape index (κ3) is 1400. The largest absolute Gasteiger partial charge is 1.00 e. The van der Waals surface area contributed by atoms with Gasteiger partial charge in [0.2, 0.25) is 0 Å². The monoisotopic (exact) mass is 268 g/mol. The van der Waals surface area contributed by atoms with E-state index in [-0.39, 0.29) is 36.5 Å². The van der Waals surface area contributed by atoms with E-state index in [2.05, 4.69) is 0 Å². The van der Waals surface area contributed by atoms with E-state index in [9.17, 15) is 0 Å². The zero-order valence-corrected chi connectivity index (χ0v) is 11.7. The van der Waals surface area contributed by atoms with Crippen LogP contribution in [-0.4, -0.2) is 34.8 Å². The second-order valence-corrected chi connectivity index (χ2v) is 3.08. The minimum absolute atomic E-state index is 0. The minimum Gasteiger partial charge on any atom is -1.00 e. The van der Waals surface area contributed by atoms with Crippen LogP contribution in [0.4, 0.5) is 0 Å². The maximum atomic E-state index is 8.88. The predicted octanol–water partition coefficient (Wildman–Crippen LogP) is -4.54. The van der Waals surface area contributed by atoms with Crippen LogP contribution in [0.1, 0.15) is 15.3 Å². The first-order valence-corrected chi connectivity index (χ1v) is 5.70. The molecule has 0 aromatic rings. The molecular formula is C2H15NaO9P2. The Balaban J connectivity index is -0.0000000197. The number of rotatable bonds is 0. The topological polar surface area (TPSA) is 187 Å². The first kappa shape index (κ1) is 29.5. The van der Waals surface area contributed by atoms with E-state index < -0.39 is 15.6 Å². The van der Waals surface area contributed by atoms with E-state index in [1.165, 1.54) is 0 Å². The van der Waals surface area contributed by atoms with Crippen LogP contribution in [0, 0.1) is 0 Å². The molecule has 0 aromatic carbocycles. The molecule has 0 heterocycles. The van der Waals surface area contributed by atoms with Gasteiger partial charge in [-0.3, -0.25) is 0 Å². The molecule has 0 amide bonds. The fourth-order valence-corrected chi connectivity index (χ4v) is 0. The van der Waals surface area contributed by atoms with Crippen LogP contribution in [0.15, 0.2) is 0 Å². The molecule has 0 spiro atoms. The average molecular weight is 268 g/mol. The molecule has 0 unspecified atom stereocenters. The molecule has 14 heavy (non-hydrogen) atoms. The van der Waals surface area contributed by atoms with E-state index >= 15 is 0 Å². The summed E-state index contributed by atoms with van der Waals surface area (Å²) in [7, 11) is -9.28. The van der Waals surface area contributed by atoms with Crippen molar-refractivity contribution in [3.05, 3.63) is 0 Å². The molecule has 0 radical (unpaired) electrons. The fraction of sp³-hybridized carbons (Fsp3) is 1.00. The molecular weight excluding hydrogens is 253 g/mol. The molecule has 0 rings (SSSR count). The summed E-state index contributed by atoms with van der Waals surface area (Å²) >= 11 is 0. The Labute approximate surface area is 104 Å². The van der Waals surface area contributed by atoms with Gasteiger partial charge in [0.15, 0.2) is 0 Å². The second kappa shape index (κ2) is 14.2. The van der Waals surface area contributed by atoms with Gasteiger partial charge in [0, 0.05) is 0 Å². The summed E-state index contributed by atoms with van der Waals surface area (Å²) in [5.41, 5.74) is 0. The van der Waals surface area contributed by atoms with Crippen LogP contribution in [0.25, 0.3) is 0 Å². The molecule has 9 nitrogen and oxygen atoms in total. The van der Waals surface area contributed by atoms with Gasteiger partial charge < -0.3 is 36.3 Å². The van der Waals surface area contributed by atoms with Crippen LogP contribution in [-0.2, 0) is 9.13 Å². The van der Waals surface area contributed by atoms with Gasteiger partial charge in [0.05, 0.1) is 0 Å². The Bertz CT molecular complexity index is 138. The third-order valence-corrected chi connectivity index (χ3v) is 0. The molecule has 12 heteroatoms. The summed E-state index contributed by atoms with van der Waals surface area (Å²) in [6.45, 7) is 4.00. The fourth-order valence-electron chi connectivity index (χ4n) is 0. The van der Waals surface area contributed by atoms with Crippen molar-refractivity contribution in [3.63, 3.8) is 0 Å². The van der Waals surface area contributed by atoms with Crippen molar-refractivity contribution in [1.29, 1.82) is 0 Å². The molecule has 0 aliphatic heterocycles. The zero-order chi connectivity index (χ0) is 11.0. The summed E-state index contributed by atoms with van der Waals surface area (Å²) < 4.78 is 17.8. The van der Waals surface area contributed by atoms with Gasteiger partial charge in [-0.1, -0.05) is 13.8 Å². The molecule has 0 aromatic heterocycles. The van der Waals surface area contributed by atoms with E-state index in [1.807, 2.05) is 13.8 Å². The van der Waals surface area contributed by atoms with Crippen LogP contribution < -0.4 is 29.6 Å². The van der Waals surface area contributed by atoms with Crippen LogP contribution in [0.2, 0.25) is 0 Å². The van der Waals surface area contributed by atoms with Gasteiger partial charge >= 0.3 is 45.2 Å².